The standard InChI is InChI=1S/C21H25N5O3S/c1-15-20(16(2)26(23-15)19-6-11-30(28,29)14-19)24-7-9-25(10-8-24)21(27)18-5-3-4-17(12-18)13-22/h3-5,12,19H,6-11,14H2,1-2H3. The highest BCUT2D eigenvalue weighted by molar-refractivity contribution is 7.91. The first kappa shape index (κ1) is 20.4. The summed E-state index contributed by atoms with van der Waals surface area (Å²) in [5, 5.41) is 13.7. The quantitative estimate of drug-likeness (QED) is 0.739. The summed E-state index contributed by atoms with van der Waals surface area (Å²) in [5.41, 5.74) is 3.92. The number of anilines is 1. The van der Waals surface area contributed by atoms with Crippen LogP contribution in [0.5, 0.6) is 0 Å². The van der Waals surface area contributed by atoms with Gasteiger partial charge in [0.05, 0.1) is 46.3 Å². The van der Waals surface area contributed by atoms with E-state index in [4.69, 9.17) is 5.26 Å². The number of sulfone groups is 1. The summed E-state index contributed by atoms with van der Waals surface area (Å²) in [7, 11) is -2.98. The molecule has 9 heteroatoms. The van der Waals surface area contributed by atoms with Gasteiger partial charge in [0.2, 0.25) is 0 Å². The van der Waals surface area contributed by atoms with E-state index in [9.17, 15) is 13.2 Å². The van der Waals surface area contributed by atoms with Gasteiger partial charge in [-0.1, -0.05) is 6.07 Å². The van der Waals surface area contributed by atoms with Crippen molar-refractivity contribution in [2.45, 2.75) is 26.3 Å². The summed E-state index contributed by atoms with van der Waals surface area (Å²) < 4.78 is 25.6. The van der Waals surface area contributed by atoms with Crippen molar-refractivity contribution < 1.29 is 13.2 Å². The Morgan fingerprint density at radius 1 is 1.20 bits per heavy atom. The number of aryl methyl sites for hydroxylation is 1. The predicted molar refractivity (Wildman–Crippen MR) is 113 cm³/mol. The van der Waals surface area contributed by atoms with Crippen LogP contribution in [0.25, 0.3) is 0 Å². The number of nitriles is 1. The zero-order valence-corrected chi connectivity index (χ0v) is 18.0. The molecule has 2 saturated heterocycles. The number of nitrogens with zero attached hydrogens (tertiary/aromatic N) is 5. The van der Waals surface area contributed by atoms with Crippen LogP contribution in [-0.4, -0.2) is 66.7 Å². The molecule has 2 aromatic rings. The van der Waals surface area contributed by atoms with Gasteiger partial charge in [-0.2, -0.15) is 10.4 Å². The van der Waals surface area contributed by atoms with E-state index in [1.165, 1.54) is 0 Å². The molecule has 2 aliphatic heterocycles. The Hall–Kier alpha value is -2.86. The van der Waals surface area contributed by atoms with Crippen molar-refractivity contribution in [2.24, 2.45) is 0 Å². The molecule has 0 radical (unpaired) electrons. The molecule has 8 nitrogen and oxygen atoms in total. The highest BCUT2D eigenvalue weighted by Gasteiger charge is 2.33. The maximum atomic E-state index is 12.8. The Morgan fingerprint density at radius 3 is 2.57 bits per heavy atom. The summed E-state index contributed by atoms with van der Waals surface area (Å²) in [6.07, 6.45) is 0.605. The first-order valence-electron chi connectivity index (χ1n) is 10.1. The van der Waals surface area contributed by atoms with Crippen molar-refractivity contribution in [1.29, 1.82) is 5.26 Å². The number of piperazine rings is 1. The van der Waals surface area contributed by atoms with Gasteiger partial charge in [-0.15, -0.1) is 0 Å². The third-order valence-electron chi connectivity index (χ3n) is 5.96. The van der Waals surface area contributed by atoms with Crippen molar-refractivity contribution >= 4 is 21.4 Å². The molecule has 0 aliphatic carbocycles. The summed E-state index contributed by atoms with van der Waals surface area (Å²) in [6.45, 7) is 6.47. The third kappa shape index (κ3) is 3.79. The normalized spacial score (nSPS) is 20.9. The van der Waals surface area contributed by atoms with Crippen molar-refractivity contribution in [3.05, 3.63) is 46.8 Å². The lowest BCUT2D eigenvalue weighted by Gasteiger charge is -2.36. The first-order chi connectivity index (χ1) is 14.3. The molecule has 3 heterocycles. The number of carbonyl (C=O) groups is 1. The zero-order valence-electron chi connectivity index (χ0n) is 17.2. The molecule has 30 heavy (non-hydrogen) atoms. The molecule has 0 N–H and O–H groups in total. The largest absolute Gasteiger partial charge is 0.365 e. The van der Waals surface area contributed by atoms with E-state index < -0.39 is 9.84 Å². The Balaban J connectivity index is 1.47. The molecular formula is C21H25N5O3S. The molecule has 4 rings (SSSR count). The van der Waals surface area contributed by atoms with Crippen molar-refractivity contribution in [3.8, 4) is 6.07 Å². The smallest absolute Gasteiger partial charge is 0.254 e. The second kappa shape index (κ2) is 7.76. The number of rotatable bonds is 3. The molecule has 1 aromatic carbocycles. The van der Waals surface area contributed by atoms with Crippen LogP contribution in [0.2, 0.25) is 0 Å². The second-order valence-electron chi connectivity index (χ2n) is 7.99. The van der Waals surface area contributed by atoms with Crippen LogP contribution < -0.4 is 4.90 Å². The van der Waals surface area contributed by atoms with Crippen LogP contribution in [0, 0.1) is 25.2 Å². The number of aromatic nitrogens is 2. The molecule has 0 saturated carbocycles. The molecule has 1 amide bonds. The van der Waals surface area contributed by atoms with Gasteiger partial charge in [-0.05, 0) is 38.5 Å². The molecule has 0 bridgehead atoms. The van der Waals surface area contributed by atoms with Crippen molar-refractivity contribution in [2.75, 3.05) is 42.6 Å². The van der Waals surface area contributed by atoms with Crippen LogP contribution in [0.15, 0.2) is 24.3 Å². The monoisotopic (exact) mass is 427 g/mol. The van der Waals surface area contributed by atoms with Gasteiger partial charge in [-0.25, -0.2) is 8.42 Å². The summed E-state index contributed by atoms with van der Waals surface area (Å²) >= 11 is 0. The highest BCUT2D eigenvalue weighted by atomic mass is 32.2. The minimum atomic E-state index is -2.98. The minimum Gasteiger partial charge on any atom is -0.365 e. The van der Waals surface area contributed by atoms with Crippen LogP contribution in [0.3, 0.4) is 0 Å². The maximum absolute atomic E-state index is 12.8. The second-order valence-corrected chi connectivity index (χ2v) is 10.2. The van der Waals surface area contributed by atoms with Gasteiger partial charge in [0.25, 0.3) is 5.91 Å². The van der Waals surface area contributed by atoms with E-state index in [0.717, 1.165) is 17.1 Å². The van der Waals surface area contributed by atoms with E-state index in [0.29, 0.717) is 43.7 Å². The molecule has 1 aromatic heterocycles. The fourth-order valence-corrected chi connectivity index (χ4v) is 6.17. The lowest BCUT2D eigenvalue weighted by Crippen LogP contribution is -2.49. The molecule has 2 fully saturated rings. The van der Waals surface area contributed by atoms with Crippen LogP contribution >= 0.6 is 0 Å². The lowest BCUT2D eigenvalue weighted by molar-refractivity contribution is 0.0746. The average Bonchev–Trinajstić information content (AvgIpc) is 3.25. The van der Waals surface area contributed by atoms with E-state index in [1.807, 2.05) is 23.4 Å². The summed E-state index contributed by atoms with van der Waals surface area (Å²) in [6, 6.07) is 8.76. The average molecular weight is 428 g/mol. The molecule has 0 spiro atoms. The topological polar surface area (TPSA) is 99.3 Å². The maximum Gasteiger partial charge on any atom is 0.254 e. The molecular weight excluding hydrogens is 402 g/mol. The molecule has 1 unspecified atom stereocenters. The summed E-state index contributed by atoms with van der Waals surface area (Å²) in [5.74, 6) is 0.310. The molecule has 158 valence electrons. The van der Waals surface area contributed by atoms with Crippen LogP contribution in [-0.2, 0) is 9.84 Å². The number of hydrogen-bond acceptors (Lipinski definition) is 6. The number of amides is 1. The van der Waals surface area contributed by atoms with Crippen molar-refractivity contribution in [3.63, 3.8) is 0 Å². The van der Waals surface area contributed by atoms with Gasteiger partial charge in [0, 0.05) is 31.7 Å². The lowest BCUT2D eigenvalue weighted by atomic mass is 10.1. The number of benzene rings is 1. The Labute approximate surface area is 176 Å². The van der Waals surface area contributed by atoms with Gasteiger partial charge >= 0.3 is 0 Å². The highest BCUT2D eigenvalue weighted by Crippen LogP contribution is 2.31. The van der Waals surface area contributed by atoms with Gasteiger partial charge in [-0.3, -0.25) is 9.48 Å². The van der Waals surface area contributed by atoms with E-state index in [2.05, 4.69) is 16.1 Å². The Bertz CT molecular complexity index is 1120. The Kier molecular flexibility index (Phi) is 5.28. The molecule has 1 atom stereocenters. The number of carbonyl (C=O) groups excluding carboxylic acids is 1. The van der Waals surface area contributed by atoms with E-state index >= 15 is 0 Å². The van der Waals surface area contributed by atoms with Crippen molar-refractivity contribution in [1.82, 2.24) is 14.7 Å². The first-order valence-corrected chi connectivity index (χ1v) is 11.9. The minimum absolute atomic E-state index is 0.0629. The fraction of sp³-hybridized carbons (Fsp3) is 0.476. The van der Waals surface area contributed by atoms with Crippen LogP contribution in [0.4, 0.5) is 5.69 Å². The zero-order chi connectivity index (χ0) is 21.5. The SMILES string of the molecule is Cc1nn(C2CCS(=O)(=O)C2)c(C)c1N1CCN(C(=O)c2cccc(C#N)c2)CC1. The van der Waals surface area contributed by atoms with Gasteiger partial charge < -0.3 is 9.80 Å². The molecule has 2 aliphatic rings. The Morgan fingerprint density at radius 2 is 1.93 bits per heavy atom. The van der Waals surface area contributed by atoms with E-state index in [-0.39, 0.29) is 23.5 Å². The fourth-order valence-electron chi connectivity index (χ4n) is 4.47. The van der Waals surface area contributed by atoms with Gasteiger partial charge in [0.1, 0.15) is 0 Å². The van der Waals surface area contributed by atoms with E-state index in [1.54, 1.807) is 24.3 Å². The predicted octanol–water partition coefficient (Wildman–Crippen LogP) is 1.69. The third-order valence-corrected chi connectivity index (χ3v) is 7.71. The van der Waals surface area contributed by atoms with Crippen LogP contribution in [0.1, 0.15) is 39.8 Å². The summed E-state index contributed by atoms with van der Waals surface area (Å²) in [4.78, 5) is 16.8. The number of hydrogen-bond donors (Lipinski definition) is 0. The van der Waals surface area contributed by atoms with Gasteiger partial charge in [0.15, 0.2) is 9.84 Å².